The molecule has 32 heavy (non-hydrogen) atoms. The standard InChI is InChI=1S/C23H27ClN2O6/c1-4-10-25(18-12(2)6-5-7-14(18)24)21(29)19-23-9-8-15(32-23)16(22(30)31)17(23)20(28)26(19)13(3)11-27/h4-7,13,15-17,19,27H,1,8-11H2,2-3H3,(H,30,31)/t13-,15-,16+,17+,19?,23?/m1/s1. The van der Waals surface area contributed by atoms with Crippen molar-refractivity contribution < 1.29 is 29.3 Å². The van der Waals surface area contributed by atoms with Crippen molar-refractivity contribution in [3.8, 4) is 0 Å². The Balaban J connectivity index is 1.85. The number of aryl methyl sites for hydroxylation is 1. The Kier molecular flexibility index (Phi) is 5.81. The van der Waals surface area contributed by atoms with Crippen LogP contribution in [0.25, 0.3) is 0 Å². The molecule has 3 aliphatic heterocycles. The van der Waals surface area contributed by atoms with E-state index in [9.17, 15) is 24.6 Å². The fourth-order valence-corrected chi connectivity index (χ4v) is 6.07. The van der Waals surface area contributed by atoms with Crippen LogP contribution in [-0.2, 0) is 19.1 Å². The summed E-state index contributed by atoms with van der Waals surface area (Å²) >= 11 is 6.46. The van der Waals surface area contributed by atoms with Crippen LogP contribution in [0.2, 0.25) is 5.02 Å². The maximum absolute atomic E-state index is 14.1. The summed E-state index contributed by atoms with van der Waals surface area (Å²) in [6, 6.07) is 3.53. The number of anilines is 1. The number of aliphatic hydroxyl groups excluding tert-OH is 1. The number of benzene rings is 1. The van der Waals surface area contributed by atoms with Gasteiger partial charge in [0.25, 0.3) is 5.91 Å². The predicted octanol–water partition coefficient (Wildman–Crippen LogP) is 2.01. The van der Waals surface area contributed by atoms with Crippen LogP contribution >= 0.6 is 11.6 Å². The van der Waals surface area contributed by atoms with Crippen LogP contribution < -0.4 is 4.90 Å². The van der Waals surface area contributed by atoms with Crippen molar-refractivity contribution in [2.75, 3.05) is 18.1 Å². The third-order valence-electron chi connectivity index (χ3n) is 7.03. The van der Waals surface area contributed by atoms with E-state index in [2.05, 4.69) is 6.58 Å². The topological polar surface area (TPSA) is 107 Å². The van der Waals surface area contributed by atoms with Crippen LogP contribution in [0.5, 0.6) is 0 Å². The lowest BCUT2D eigenvalue weighted by molar-refractivity contribution is -0.150. The number of carbonyl (C=O) groups excluding carboxylic acids is 2. The summed E-state index contributed by atoms with van der Waals surface area (Å²) in [5.74, 6) is -3.99. The summed E-state index contributed by atoms with van der Waals surface area (Å²) in [6.07, 6.45) is 1.81. The Morgan fingerprint density at radius 1 is 1.47 bits per heavy atom. The summed E-state index contributed by atoms with van der Waals surface area (Å²) in [5.41, 5.74) is 0.0260. The van der Waals surface area contributed by atoms with Crippen LogP contribution in [0.1, 0.15) is 25.3 Å². The third kappa shape index (κ3) is 3.08. The van der Waals surface area contributed by atoms with Crippen molar-refractivity contribution in [3.63, 3.8) is 0 Å². The Bertz CT molecular complexity index is 963. The molecular weight excluding hydrogens is 436 g/mol. The second-order valence-electron chi connectivity index (χ2n) is 8.81. The second-order valence-corrected chi connectivity index (χ2v) is 9.22. The molecule has 1 spiro atoms. The molecule has 3 heterocycles. The van der Waals surface area contributed by atoms with Gasteiger partial charge in [0.05, 0.1) is 41.3 Å². The first-order valence-corrected chi connectivity index (χ1v) is 11.1. The van der Waals surface area contributed by atoms with Crippen LogP contribution in [-0.4, -0.2) is 69.8 Å². The number of carboxylic acids is 1. The van der Waals surface area contributed by atoms with E-state index in [0.717, 1.165) is 5.56 Å². The quantitative estimate of drug-likeness (QED) is 0.600. The smallest absolute Gasteiger partial charge is 0.310 e. The molecule has 0 aliphatic carbocycles. The summed E-state index contributed by atoms with van der Waals surface area (Å²) in [6.45, 7) is 7.00. The SMILES string of the molecule is C=CCN(C(=O)C1N([C@H](C)CO)C(=O)[C@@H]2[C@@H](C(=O)O)[C@H]3CCC12O3)c1c(C)cccc1Cl. The Hall–Kier alpha value is -2.42. The molecule has 2 unspecified atom stereocenters. The number of fused-ring (bicyclic) bond motifs is 1. The number of hydrogen-bond acceptors (Lipinski definition) is 5. The lowest BCUT2D eigenvalue weighted by Crippen LogP contribution is -2.58. The average Bonchev–Trinajstić information content (AvgIpc) is 3.39. The van der Waals surface area contributed by atoms with Gasteiger partial charge in [-0.05, 0) is 38.3 Å². The number of aliphatic hydroxyl groups is 1. The van der Waals surface area contributed by atoms with Gasteiger partial charge in [-0.3, -0.25) is 14.4 Å². The monoisotopic (exact) mass is 462 g/mol. The molecule has 2 N–H and O–H groups in total. The lowest BCUT2D eigenvalue weighted by Gasteiger charge is -2.39. The lowest BCUT2D eigenvalue weighted by atomic mass is 9.70. The maximum atomic E-state index is 14.1. The number of carbonyl (C=O) groups is 3. The number of amides is 2. The molecular formula is C23H27ClN2O6. The van der Waals surface area contributed by atoms with Gasteiger partial charge in [0.15, 0.2) is 0 Å². The van der Waals surface area contributed by atoms with E-state index in [1.807, 2.05) is 13.0 Å². The molecule has 3 aliphatic rings. The summed E-state index contributed by atoms with van der Waals surface area (Å²) in [4.78, 5) is 42.5. The molecule has 9 heteroatoms. The summed E-state index contributed by atoms with van der Waals surface area (Å²) in [7, 11) is 0. The molecule has 0 aromatic heterocycles. The van der Waals surface area contributed by atoms with Crippen molar-refractivity contribution in [2.24, 2.45) is 11.8 Å². The van der Waals surface area contributed by atoms with E-state index in [4.69, 9.17) is 16.3 Å². The zero-order chi connectivity index (χ0) is 23.4. The van der Waals surface area contributed by atoms with Crippen molar-refractivity contribution in [1.29, 1.82) is 0 Å². The van der Waals surface area contributed by atoms with Crippen molar-refractivity contribution >= 4 is 35.1 Å². The minimum absolute atomic E-state index is 0.141. The first kappa shape index (κ1) is 22.8. The molecule has 3 fully saturated rings. The normalized spacial score (nSPS) is 31.5. The molecule has 172 valence electrons. The van der Waals surface area contributed by atoms with Crippen LogP contribution in [0, 0.1) is 18.8 Å². The van der Waals surface area contributed by atoms with Crippen LogP contribution in [0.15, 0.2) is 30.9 Å². The van der Waals surface area contributed by atoms with Gasteiger partial charge in [-0.1, -0.05) is 29.8 Å². The average molecular weight is 463 g/mol. The molecule has 3 saturated heterocycles. The summed E-state index contributed by atoms with van der Waals surface area (Å²) in [5, 5.41) is 20.0. The van der Waals surface area contributed by atoms with Gasteiger partial charge in [0.1, 0.15) is 11.6 Å². The van der Waals surface area contributed by atoms with Crippen molar-refractivity contribution in [1.82, 2.24) is 4.90 Å². The largest absolute Gasteiger partial charge is 0.481 e. The van der Waals surface area contributed by atoms with Gasteiger partial charge >= 0.3 is 5.97 Å². The highest BCUT2D eigenvalue weighted by Gasteiger charge is 2.75. The van der Waals surface area contributed by atoms with E-state index < -0.39 is 53.4 Å². The molecule has 8 nitrogen and oxygen atoms in total. The molecule has 6 atom stereocenters. The van der Waals surface area contributed by atoms with E-state index in [1.54, 1.807) is 25.1 Å². The Morgan fingerprint density at radius 3 is 2.78 bits per heavy atom. The van der Waals surface area contributed by atoms with Gasteiger partial charge in [-0.15, -0.1) is 6.58 Å². The van der Waals surface area contributed by atoms with E-state index >= 15 is 0 Å². The number of likely N-dealkylation sites (tertiary alicyclic amines) is 1. The minimum atomic E-state index is -1.25. The Morgan fingerprint density at radius 2 is 2.19 bits per heavy atom. The highest BCUT2D eigenvalue weighted by Crippen LogP contribution is 2.59. The van der Waals surface area contributed by atoms with Gasteiger partial charge in [-0.2, -0.15) is 0 Å². The zero-order valence-corrected chi connectivity index (χ0v) is 18.8. The fraction of sp³-hybridized carbons (Fsp3) is 0.522. The van der Waals surface area contributed by atoms with Gasteiger partial charge < -0.3 is 24.7 Å². The van der Waals surface area contributed by atoms with Crippen LogP contribution in [0.3, 0.4) is 0 Å². The molecule has 0 radical (unpaired) electrons. The molecule has 0 saturated carbocycles. The number of hydrogen-bond donors (Lipinski definition) is 2. The Labute approximate surface area is 191 Å². The third-order valence-corrected chi connectivity index (χ3v) is 7.34. The van der Waals surface area contributed by atoms with E-state index in [1.165, 1.54) is 9.80 Å². The first-order valence-electron chi connectivity index (χ1n) is 10.7. The molecule has 4 rings (SSSR count). The number of nitrogens with zero attached hydrogens (tertiary/aromatic N) is 2. The first-order chi connectivity index (χ1) is 15.2. The number of halogens is 1. The number of rotatable bonds is 7. The van der Waals surface area contributed by atoms with Gasteiger partial charge in [-0.25, -0.2) is 0 Å². The maximum Gasteiger partial charge on any atom is 0.310 e. The van der Waals surface area contributed by atoms with E-state index in [-0.39, 0.29) is 13.2 Å². The fourth-order valence-electron chi connectivity index (χ4n) is 5.75. The molecule has 1 aromatic rings. The predicted molar refractivity (Wildman–Crippen MR) is 117 cm³/mol. The second kappa shape index (κ2) is 8.17. The van der Waals surface area contributed by atoms with Gasteiger partial charge in [0.2, 0.25) is 5.91 Å². The highest BCUT2D eigenvalue weighted by molar-refractivity contribution is 6.34. The van der Waals surface area contributed by atoms with Gasteiger partial charge in [0, 0.05) is 6.54 Å². The number of ether oxygens (including phenoxy) is 1. The summed E-state index contributed by atoms with van der Waals surface area (Å²) < 4.78 is 6.18. The van der Waals surface area contributed by atoms with E-state index in [0.29, 0.717) is 23.6 Å². The van der Waals surface area contributed by atoms with Crippen LogP contribution in [0.4, 0.5) is 5.69 Å². The highest BCUT2D eigenvalue weighted by atomic mass is 35.5. The number of carboxylic acid groups (broad SMARTS) is 1. The molecule has 2 amide bonds. The van der Waals surface area contributed by atoms with Crippen molar-refractivity contribution in [3.05, 3.63) is 41.4 Å². The number of aliphatic carboxylic acids is 1. The molecule has 2 bridgehead atoms. The number of para-hydroxylation sites is 1. The zero-order valence-electron chi connectivity index (χ0n) is 18.0. The minimum Gasteiger partial charge on any atom is -0.481 e. The molecule has 1 aromatic carbocycles. The van der Waals surface area contributed by atoms with Crippen molar-refractivity contribution in [2.45, 2.75) is 50.5 Å².